The lowest BCUT2D eigenvalue weighted by Gasteiger charge is -2.31. The number of hydrogen-bond donors (Lipinski definition) is 3. The van der Waals surface area contributed by atoms with Crippen LogP contribution < -0.4 is 16.0 Å². The third kappa shape index (κ3) is 7.07. The minimum Gasteiger partial charge on any atom is -0.379 e. The van der Waals surface area contributed by atoms with Gasteiger partial charge in [-0.25, -0.2) is 0 Å². The smallest absolute Gasteiger partial charge is 0.292 e. The Kier molecular flexibility index (Phi) is 7.94. The molecule has 0 bridgehead atoms. The maximum atomic E-state index is 12.2. The molecule has 0 aliphatic carbocycles. The van der Waals surface area contributed by atoms with Gasteiger partial charge >= 0.3 is 0 Å². The van der Waals surface area contributed by atoms with E-state index in [0.717, 1.165) is 31.6 Å². The Morgan fingerprint density at radius 3 is 2.39 bits per heavy atom. The molecule has 0 radical (unpaired) electrons. The molecule has 1 aliphatic rings. The SMILES string of the molecule is O=C(CN1CCC(NC(=O)CCNc2ccccc2[N+](=O)[O-])CC1)Nc1ccccc1. The summed E-state index contributed by atoms with van der Waals surface area (Å²) in [5, 5.41) is 19.9. The van der Waals surface area contributed by atoms with Crippen LogP contribution in [0.25, 0.3) is 0 Å². The Morgan fingerprint density at radius 2 is 1.68 bits per heavy atom. The lowest BCUT2D eigenvalue weighted by molar-refractivity contribution is -0.384. The molecule has 1 fully saturated rings. The maximum Gasteiger partial charge on any atom is 0.292 e. The molecule has 0 aromatic heterocycles. The molecule has 2 aromatic rings. The van der Waals surface area contributed by atoms with E-state index in [1.807, 2.05) is 30.3 Å². The van der Waals surface area contributed by atoms with Gasteiger partial charge in [0.1, 0.15) is 5.69 Å². The molecule has 1 heterocycles. The maximum absolute atomic E-state index is 12.2. The van der Waals surface area contributed by atoms with Crippen molar-refractivity contribution in [3.63, 3.8) is 0 Å². The van der Waals surface area contributed by atoms with Crippen molar-refractivity contribution >= 4 is 28.9 Å². The second-order valence-corrected chi connectivity index (χ2v) is 7.48. The van der Waals surface area contributed by atoms with Crippen molar-refractivity contribution in [3.05, 3.63) is 64.7 Å². The fourth-order valence-electron chi connectivity index (χ4n) is 3.55. The number of likely N-dealkylation sites (tertiary alicyclic amines) is 1. The topological polar surface area (TPSA) is 117 Å². The second kappa shape index (κ2) is 11.1. The largest absolute Gasteiger partial charge is 0.379 e. The first-order valence-corrected chi connectivity index (χ1v) is 10.3. The number of nitrogens with one attached hydrogen (secondary N) is 3. The molecule has 0 saturated carbocycles. The molecule has 164 valence electrons. The summed E-state index contributed by atoms with van der Waals surface area (Å²) >= 11 is 0. The summed E-state index contributed by atoms with van der Waals surface area (Å²) < 4.78 is 0. The molecule has 1 aliphatic heterocycles. The van der Waals surface area contributed by atoms with Crippen LogP contribution in [0.15, 0.2) is 54.6 Å². The van der Waals surface area contributed by atoms with E-state index in [-0.39, 0.29) is 30.0 Å². The number of carbonyl (C=O) groups excluding carboxylic acids is 2. The first-order chi connectivity index (χ1) is 15.0. The molecular formula is C22H27N5O4. The Morgan fingerprint density at radius 1 is 1.00 bits per heavy atom. The second-order valence-electron chi connectivity index (χ2n) is 7.48. The predicted octanol–water partition coefficient (Wildman–Crippen LogP) is 2.62. The molecule has 0 atom stereocenters. The lowest BCUT2D eigenvalue weighted by Crippen LogP contribution is -2.46. The molecule has 2 aromatic carbocycles. The van der Waals surface area contributed by atoms with E-state index in [9.17, 15) is 19.7 Å². The highest BCUT2D eigenvalue weighted by atomic mass is 16.6. The monoisotopic (exact) mass is 425 g/mol. The van der Waals surface area contributed by atoms with Gasteiger partial charge in [0, 0.05) is 43.9 Å². The summed E-state index contributed by atoms with van der Waals surface area (Å²) in [6, 6.07) is 15.8. The van der Waals surface area contributed by atoms with Gasteiger partial charge in [0.2, 0.25) is 11.8 Å². The molecule has 0 spiro atoms. The molecule has 3 rings (SSSR count). The summed E-state index contributed by atoms with van der Waals surface area (Å²) in [7, 11) is 0. The minimum atomic E-state index is -0.448. The van der Waals surface area contributed by atoms with Gasteiger partial charge in [0.05, 0.1) is 11.5 Å². The van der Waals surface area contributed by atoms with Crippen molar-refractivity contribution in [2.75, 3.05) is 36.8 Å². The van der Waals surface area contributed by atoms with Crippen LogP contribution in [-0.2, 0) is 9.59 Å². The summed E-state index contributed by atoms with van der Waals surface area (Å²) in [6.07, 6.45) is 1.79. The number of anilines is 2. The van der Waals surface area contributed by atoms with Crippen LogP contribution in [0.4, 0.5) is 17.1 Å². The van der Waals surface area contributed by atoms with E-state index in [0.29, 0.717) is 18.8 Å². The van der Waals surface area contributed by atoms with Crippen LogP contribution >= 0.6 is 0 Å². The van der Waals surface area contributed by atoms with Crippen molar-refractivity contribution in [3.8, 4) is 0 Å². The molecule has 1 saturated heterocycles. The summed E-state index contributed by atoms with van der Waals surface area (Å²) in [4.78, 5) is 37.0. The van der Waals surface area contributed by atoms with E-state index in [4.69, 9.17) is 0 Å². The highest BCUT2D eigenvalue weighted by molar-refractivity contribution is 5.92. The van der Waals surface area contributed by atoms with E-state index in [2.05, 4.69) is 20.9 Å². The first-order valence-electron chi connectivity index (χ1n) is 10.3. The highest BCUT2D eigenvalue weighted by Gasteiger charge is 2.22. The summed E-state index contributed by atoms with van der Waals surface area (Å²) in [5.41, 5.74) is 1.18. The van der Waals surface area contributed by atoms with Crippen LogP contribution in [0, 0.1) is 10.1 Å². The Bertz CT molecular complexity index is 898. The summed E-state index contributed by atoms with van der Waals surface area (Å²) in [6.45, 7) is 2.12. The van der Waals surface area contributed by atoms with Gasteiger partial charge in [0.15, 0.2) is 0 Å². The predicted molar refractivity (Wildman–Crippen MR) is 119 cm³/mol. The van der Waals surface area contributed by atoms with Gasteiger partial charge in [-0.15, -0.1) is 0 Å². The van der Waals surface area contributed by atoms with E-state index in [1.54, 1.807) is 18.2 Å². The molecule has 0 unspecified atom stereocenters. The first kappa shape index (κ1) is 22.2. The fraction of sp³-hybridized carbons (Fsp3) is 0.364. The molecule has 9 heteroatoms. The van der Waals surface area contributed by atoms with Crippen LogP contribution in [-0.4, -0.2) is 53.9 Å². The van der Waals surface area contributed by atoms with E-state index in [1.165, 1.54) is 6.07 Å². The zero-order chi connectivity index (χ0) is 22.1. The zero-order valence-corrected chi connectivity index (χ0v) is 17.3. The van der Waals surface area contributed by atoms with Gasteiger partial charge in [-0.2, -0.15) is 0 Å². The summed E-state index contributed by atoms with van der Waals surface area (Å²) in [5.74, 6) is -0.138. The lowest BCUT2D eigenvalue weighted by atomic mass is 10.0. The van der Waals surface area contributed by atoms with Gasteiger partial charge in [-0.05, 0) is 31.0 Å². The van der Waals surface area contributed by atoms with Crippen LogP contribution in [0.2, 0.25) is 0 Å². The number of hydrogen-bond acceptors (Lipinski definition) is 6. The van der Waals surface area contributed by atoms with Gasteiger partial charge in [-0.3, -0.25) is 24.6 Å². The minimum absolute atomic E-state index is 0.00780. The van der Waals surface area contributed by atoms with Crippen LogP contribution in [0.5, 0.6) is 0 Å². The normalized spacial score (nSPS) is 14.6. The number of nitro groups is 1. The average molecular weight is 425 g/mol. The zero-order valence-electron chi connectivity index (χ0n) is 17.3. The van der Waals surface area contributed by atoms with Crippen LogP contribution in [0.3, 0.4) is 0 Å². The number of rotatable bonds is 9. The fourth-order valence-corrected chi connectivity index (χ4v) is 3.55. The molecule has 3 N–H and O–H groups in total. The number of nitro benzene ring substituents is 1. The van der Waals surface area contributed by atoms with Crippen molar-refractivity contribution in [2.24, 2.45) is 0 Å². The number of carbonyl (C=O) groups is 2. The molecule has 2 amide bonds. The molecule has 31 heavy (non-hydrogen) atoms. The van der Waals surface area contributed by atoms with E-state index < -0.39 is 4.92 Å². The Labute approximate surface area is 181 Å². The standard InChI is InChI=1S/C22H27N5O4/c28-21(10-13-23-19-8-4-5-9-20(19)27(30)31)24-18-11-14-26(15-12-18)16-22(29)25-17-6-2-1-3-7-17/h1-9,18,23H,10-16H2,(H,24,28)(H,25,29). The third-order valence-corrected chi connectivity index (χ3v) is 5.15. The van der Waals surface area contributed by atoms with Crippen molar-refractivity contribution < 1.29 is 14.5 Å². The number of para-hydroxylation sites is 3. The van der Waals surface area contributed by atoms with E-state index >= 15 is 0 Å². The van der Waals surface area contributed by atoms with Gasteiger partial charge < -0.3 is 16.0 Å². The van der Waals surface area contributed by atoms with Gasteiger partial charge in [-0.1, -0.05) is 30.3 Å². The van der Waals surface area contributed by atoms with Gasteiger partial charge in [0.25, 0.3) is 5.69 Å². The number of amides is 2. The van der Waals surface area contributed by atoms with Crippen LogP contribution in [0.1, 0.15) is 19.3 Å². The average Bonchev–Trinajstić information content (AvgIpc) is 2.76. The Hall–Kier alpha value is -3.46. The van der Waals surface area contributed by atoms with Crippen molar-refractivity contribution in [2.45, 2.75) is 25.3 Å². The van der Waals surface area contributed by atoms with Crippen molar-refractivity contribution in [1.82, 2.24) is 10.2 Å². The highest BCUT2D eigenvalue weighted by Crippen LogP contribution is 2.22. The number of nitrogens with zero attached hydrogens (tertiary/aromatic N) is 2. The van der Waals surface area contributed by atoms with Crippen molar-refractivity contribution in [1.29, 1.82) is 0 Å². The quantitative estimate of drug-likeness (QED) is 0.420. The molecular weight excluding hydrogens is 398 g/mol. The third-order valence-electron chi connectivity index (χ3n) is 5.15. The number of piperidine rings is 1. The Balaban J connectivity index is 1.33. The molecule has 9 nitrogen and oxygen atoms in total. The number of benzene rings is 2.